The number of hydrogen-bond donors (Lipinski definition) is 0. The van der Waals surface area contributed by atoms with Gasteiger partial charge in [-0.2, -0.15) is 0 Å². The zero-order chi connectivity index (χ0) is 22.6. The maximum atomic E-state index is 3.73. The van der Waals surface area contributed by atoms with Crippen molar-refractivity contribution >= 4 is 16.5 Å². The van der Waals surface area contributed by atoms with E-state index in [1.807, 2.05) is 25.2 Å². The second-order valence-corrected chi connectivity index (χ2v) is 7.84. The van der Waals surface area contributed by atoms with Gasteiger partial charge in [0.25, 0.3) is 0 Å². The molecule has 1 unspecified atom stereocenters. The van der Waals surface area contributed by atoms with Crippen LogP contribution in [0.5, 0.6) is 0 Å². The third-order valence-corrected chi connectivity index (χ3v) is 5.58. The summed E-state index contributed by atoms with van der Waals surface area (Å²) in [4.78, 5) is 2.38. The standard InChI is InChI=1S/C31H33N/c1-4-6-8-10-14-24-32(31-23-20-28-16-12-13-17-29(28)25-31)30-21-18-27(19-22-30)26(3)15-11-9-7-5-2/h4-18,20-23,25,27H,1,19,24H2,2-3H3/b7-5-,8-6-,11-9-,14-10-,26-15+. The van der Waals surface area contributed by atoms with Crippen LogP contribution < -0.4 is 4.90 Å². The maximum Gasteiger partial charge on any atom is 0.0420 e. The Hall–Kier alpha value is -3.58. The van der Waals surface area contributed by atoms with Crippen LogP contribution in [-0.2, 0) is 0 Å². The van der Waals surface area contributed by atoms with Crippen LogP contribution in [0.2, 0.25) is 0 Å². The van der Waals surface area contributed by atoms with E-state index in [9.17, 15) is 0 Å². The molecule has 0 fully saturated rings. The Kier molecular flexibility index (Phi) is 8.89. The Balaban J connectivity index is 1.82. The van der Waals surface area contributed by atoms with Gasteiger partial charge in [0.1, 0.15) is 0 Å². The monoisotopic (exact) mass is 419 g/mol. The van der Waals surface area contributed by atoms with Gasteiger partial charge in [0.2, 0.25) is 0 Å². The summed E-state index contributed by atoms with van der Waals surface area (Å²) in [5.41, 5.74) is 3.83. The number of fused-ring (bicyclic) bond motifs is 1. The summed E-state index contributed by atoms with van der Waals surface area (Å²) in [7, 11) is 0. The summed E-state index contributed by atoms with van der Waals surface area (Å²) < 4.78 is 0. The van der Waals surface area contributed by atoms with Crippen molar-refractivity contribution in [1.29, 1.82) is 0 Å². The van der Waals surface area contributed by atoms with E-state index in [0.29, 0.717) is 5.92 Å². The van der Waals surface area contributed by atoms with Crippen molar-refractivity contribution in [2.24, 2.45) is 5.92 Å². The zero-order valence-corrected chi connectivity index (χ0v) is 19.2. The van der Waals surface area contributed by atoms with Gasteiger partial charge in [0.15, 0.2) is 0 Å². The van der Waals surface area contributed by atoms with Crippen molar-refractivity contribution in [3.63, 3.8) is 0 Å². The summed E-state index contributed by atoms with van der Waals surface area (Å²) >= 11 is 0. The van der Waals surface area contributed by atoms with E-state index >= 15 is 0 Å². The molecule has 1 heteroatoms. The average Bonchev–Trinajstić information content (AvgIpc) is 2.84. The van der Waals surface area contributed by atoms with E-state index in [-0.39, 0.29) is 0 Å². The molecule has 0 heterocycles. The van der Waals surface area contributed by atoms with Crippen molar-refractivity contribution in [2.45, 2.75) is 20.3 Å². The number of nitrogens with zero attached hydrogens (tertiary/aromatic N) is 1. The molecule has 0 saturated heterocycles. The van der Waals surface area contributed by atoms with Crippen LogP contribution in [0.25, 0.3) is 10.8 Å². The molecule has 0 saturated carbocycles. The molecular formula is C31H33N. The van der Waals surface area contributed by atoms with E-state index in [4.69, 9.17) is 0 Å². The Morgan fingerprint density at radius 1 is 1.00 bits per heavy atom. The van der Waals surface area contributed by atoms with Crippen LogP contribution in [0, 0.1) is 5.92 Å². The Bertz CT molecular complexity index is 1120. The predicted octanol–water partition coefficient (Wildman–Crippen LogP) is 8.48. The first kappa shape index (κ1) is 23.1. The van der Waals surface area contributed by atoms with Crippen LogP contribution in [0.3, 0.4) is 0 Å². The second kappa shape index (κ2) is 12.3. The minimum Gasteiger partial charge on any atom is -0.338 e. The number of hydrogen-bond acceptors (Lipinski definition) is 1. The summed E-state index contributed by atoms with van der Waals surface area (Å²) in [6.07, 6.45) is 28.5. The summed E-state index contributed by atoms with van der Waals surface area (Å²) in [5, 5.41) is 2.52. The molecule has 0 amide bonds. The molecular weight excluding hydrogens is 386 g/mol. The minimum atomic E-state index is 0.443. The first-order chi connectivity index (χ1) is 15.7. The van der Waals surface area contributed by atoms with Gasteiger partial charge < -0.3 is 4.90 Å². The van der Waals surface area contributed by atoms with Crippen molar-refractivity contribution < 1.29 is 0 Å². The van der Waals surface area contributed by atoms with Gasteiger partial charge in [0.05, 0.1) is 0 Å². The van der Waals surface area contributed by atoms with Gasteiger partial charge in [-0.15, -0.1) is 0 Å². The molecule has 0 aromatic heterocycles. The van der Waals surface area contributed by atoms with Gasteiger partial charge in [0, 0.05) is 23.8 Å². The fourth-order valence-electron chi connectivity index (χ4n) is 3.75. The van der Waals surface area contributed by atoms with Gasteiger partial charge in [-0.1, -0.05) is 115 Å². The lowest BCUT2D eigenvalue weighted by atomic mass is 9.91. The molecule has 2 aromatic rings. The SMILES string of the molecule is C=C/C=C\C=C/CN(C1=CCC(/C(C)=C/C=C\C=C/C)C=C1)c1ccc2ccccc2c1. The minimum absolute atomic E-state index is 0.443. The molecule has 0 spiro atoms. The van der Waals surface area contributed by atoms with Crippen LogP contribution in [0.15, 0.2) is 139 Å². The second-order valence-electron chi connectivity index (χ2n) is 7.84. The Morgan fingerprint density at radius 2 is 1.81 bits per heavy atom. The van der Waals surface area contributed by atoms with E-state index in [2.05, 4.69) is 116 Å². The van der Waals surface area contributed by atoms with Crippen LogP contribution in [0.1, 0.15) is 20.3 Å². The van der Waals surface area contributed by atoms with Crippen LogP contribution >= 0.6 is 0 Å². The first-order valence-electron chi connectivity index (χ1n) is 11.3. The fourth-order valence-corrected chi connectivity index (χ4v) is 3.75. The van der Waals surface area contributed by atoms with Gasteiger partial charge >= 0.3 is 0 Å². The normalized spacial score (nSPS) is 17.2. The number of benzene rings is 2. The van der Waals surface area contributed by atoms with Gasteiger partial charge in [-0.05, 0) is 49.2 Å². The molecule has 1 nitrogen and oxygen atoms in total. The molecule has 2 aromatic carbocycles. The maximum absolute atomic E-state index is 3.73. The van der Waals surface area contributed by atoms with Crippen LogP contribution in [-0.4, -0.2) is 6.54 Å². The fraction of sp³-hybridized carbons (Fsp3) is 0.161. The molecule has 1 atom stereocenters. The molecule has 1 aliphatic rings. The topological polar surface area (TPSA) is 3.24 Å². The largest absolute Gasteiger partial charge is 0.338 e. The molecule has 0 N–H and O–H groups in total. The Morgan fingerprint density at radius 3 is 2.56 bits per heavy atom. The van der Waals surface area contributed by atoms with Crippen LogP contribution in [0.4, 0.5) is 5.69 Å². The van der Waals surface area contributed by atoms with Crippen molar-refractivity contribution in [1.82, 2.24) is 0 Å². The molecule has 162 valence electrons. The lowest BCUT2D eigenvalue weighted by Gasteiger charge is -2.28. The van der Waals surface area contributed by atoms with E-state index in [1.165, 1.54) is 27.7 Å². The molecule has 1 aliphatic carbocycles. The van der Waals surface area contributed by atoms with Gasteiger partial charge in [-0.25, -0.2) is 0 Å². The van der Waals surface area contributed by atoms with Crippen molar-refractivity contribution in [2.75, 3.05) is 11.4 Å². The van der Waals surface area contributed by atoms with E-state index in [1.54, 1.807) is 6.08 Å². The zero-order valence-electron chi connectivity index (χ0n) is 19.2. The molecule has 32 heavy (non-hydrogen) atoms. The number of allylic oxidation sites excluding steroid dienone is 13. The molecule has 0 aliphatic heterocycles. The lowest BCUT2D eigenvalue weighted by Crippen LogP contribution is -2.23. The summed E-state index contributed by atoms with van der Waals surface area (Å²) in [6.45, 7) is 8.78. The molecule has 3 rings (SSSR count). The Labute approximate surface area is 193 Å². The molecule has 0 bridgehead atoms. The lowest BCUT2D eigenvalue weighted by molar-refractivity contribution is 0.754. The smallest absolute Gasteiger partial charge is 0.0420 e. The molecule has 0 radical (unpaired) electrons. The number of rotatable bonds is 9. The average molecular weight is 420 g/mol. The third kappa shape index (κ3) is 6.46. The predicted molar refractivity (Wildman–Crippen MR) is 143 cm³/mol. The van der Waals surface area contributed by atoms with Crippen molar-refractivity contribution in [3.8, 4) is 0 Å². The highest BCUT2D eigenvalue weighted by atomic mass is 15.1. The third-order valence-electron chi connectivity index (χ3n) is 5.58. The highest BCUT2D eigenvalue weighted by Crippen LogP contribution is 2.30. The summed E-state index contributed by atoms with van der Waals surface area (Å²) in [6, 6.07) is 15.2. The quantitative estimate of drug-likeness (QED) is 0.368. The van der Waals surface area contributed by atoms with Crippen molar-refractivity contribution in [3.05, 3.63) is 139 Å². The van der Waals surface area contributed by atoms with E-state index in [0.717, 1.165) is 13.0 Å². The highest BCUT2D eigenvalue weighted by molar-refractivity contribution is 5.86. The van der Waals surface area contributed by atoms with Gasteiger partial charge in [-0.3, -0.25) is 0 Å². The highest BCUT2D eigenvalue weighted by Gasteiger charge is 2.15. The van der Waals surface area contributed by atoms with E-state index < -0.39 is 0 Å². The number of anilines is 1. The first-order valence-corrected chi connectivity index (χ1v) is 11.3. The summed E-state index contributed by atoms with van der Waals surface area (Å²) in [5.74, 6) is 0.443.